The second-order valence-corrected chi connectivity index (χ2v) is 6.30. The number of nitrogens with zero attached hydrogens (tertiary/aromatic N) is 3. The topological polar surface area (TPSA) is 47.0 Å². The van der Waals surface area contributed by atoms with Crippen LogP contribution in [0.1, 0.15) is 24.5 Å². The Morgan fingerprint density at radius 1 is 1.14 bits per heavy atom. The molecular formula is C16H21N3O2. The van der Waals surface area contributed by atoms with Gasteiger partial charge in [0.25, 0.3) is 5.91 Å². The summed E-state index contributed by atoms with van der Waals surface area (Å²) in [6.45, 7) is 4.32. The number of aliphatic hydroxyl groups excluding tert-OH is 1. The number of amides is 1. The van der Waals surface area contributed by atoms with Gasteiger partial charge in [-0.3, -0.25) is 9.69 Å². The third kappa shape index (κ3) is 2.12. The van der Waals surface area contributed by atoms with E-state index < -0.39 is 6.10 Å². The summed E-state index contributed by atoms with van der Waals surface area (Å²) in [5, 5.41) is 9.91. The van der Waals surface area contributed by atoms with Crippen molar-refractivity contribution in [3.8, 4) is 0 Å². The van der Waals surface area contributed by atoms with Crippen LogP contribution in [0.5, 0.6) is 0 Å². The molecule has 1 saturated carbocycles. The lowest BCUT2D eigenvalue weighted by Gasteiger charge is -2.36. The van der Waals surface area contributed by atoms with Crippen molar-refractivity contribution in [2.75, 3.05) is 43.0 Å². The fourth-order valence-electron chi connectivity index (χ4n) is 3.47. The predicted octanol–water partition coefficient (Wildman–Crippen LogP) is 0.981. The fourth-order valence-corrected chi connectivity index (χ4v) is 3.47. The molecule has 1 aromatic carbocycles. The zero-order valence-electron chi connectivity index (χ0n) is 12.3. The van der Waals surface area contributed by atoms with E-state index >= 15 is 0 Å². The molecule has 1 atom stereocenters. The monoisotopic (exact) mass is 287 g/mol. The minimum Gasteiger partial charge on any atom is -0.378 e. The number of aliphatic hydroxyl groups is 1. The molecular weight excluding hydrogens is 266 g/mol. The largest absolute Gasteiger partial charge is 0.378 e. The standard InChI is InChI=1S/C16H21N3O2/c1-17-14-10-12(4-5-13(14)15(20)16(17)21)19-8-6-18(7-9-19)11-2-3-11/h4-5,10-11,15,20H,2-3,6-9H2,1H3. The first-order valence-corrected chi connectivity index (χ1v) is 7.74. The van der Waals surface area contributed by atoms with Crippen LogP contribution in [-0.4, -0.2) is 55.2 Å². The normalized spacial score (nSPS) is 26.4. The molecule has 5 heteroatoms. The number of carbonyl (C=O) groups excluding carboxylic acids is 1. The molecule has 21 heavy (non-hydrogen) atoms. The van der Waals surface area contributed by atoms with Crippen LogP contribution in [0.25, 0.3) is 0 Å². The van der Waals surface area contributed by atoms with E-state index in [0.29, 0.717) is 0 Å². The van der Waals surface area contributed by atoms with E-state index in [1.54, 1.807) is 11.9 Å². The molecule has 2 aliphatic heterocycles. The maximum absolute atomic E-state index is 11.8. The lowest BCUT2D eigenvalue weighted by molar-refractivity contribution is -0.125. The van der Waals surface area contributed by atoms with E-state index in [1.165, 1.54) is 12.8 Å². The van der Waals surface area contributed by atoms with Gasteiger partial charge < -0.3 is 14.9 Å². The molecule has 0 radical (unpaired) electrons. The summed E-state index contributed by atoms with van der Waals surface area (Å²) < 4.78 is 0. The molecule has 112 valence electrons. The Kier molecular flexibility index (Phi) is 2.94. The Hall–Kier alpha value is -1.59. The van der Waals surface area contributed by atoms with Crippen LogP contribution in [0.2, 0.25) is 0 Å². The van der Waals surface area contributed by atoms with E-state index in [9.17, 15) is 9.90 Å². The molecule has 1 N–H and O–H groups in total. The van der Waals surface area contributed by atoms with Gasteiger partial charge in [-0.2, -0.15) is 0 Å². The summed E-state index contributed by atoms with van der Waals surface area (Å²) in [6, 6.07) is 6.80. The van der Waals surface area contributed by atoms with E-state index in [4.69, 9.17) is 0 Å². The summed E-state index contributed by atoms with van der Waals surface area (Å²) in [6.07, 6.45) is 1.73. The minimum atomic E-state index is -0.995. The quantitative estimate of drug-likeness (QED) is 0.881. The Labute approximate surface area is 124 Å². The highest BCUT2D eigenvalue weighted by atomic mass is 16.3. The van der Waals surface area contributed by atoms with Crippen molar-refractivity contribution in [1.29, 1.82) is 0 Å². The molecule has 0 aromatic heterocycles. The second-order valence-electron chi connectivity index (χ2n) is 6.30. The Morgan fingerprint density at radius 3 is 2.52 bits per heavy atom. The first kappa shape index (κ1) is 13.1. The van der Waals surface area contributed by atoms with Crippen molar-refractivity contribution >= 4 is 17.3 Å². The first-order valence-electron chi connectivity index (χ1n) is 7.74. The van der Waals surface area contributed by atoms with Crippen molar-refractivity contribution in [2.45, 2.75) is 25.0 Å². The van der Waals surface area contributed by atoms with Gasteiger partial charge in [-0.1, -0.05) is 6.07 Å². The average molecular weight is 287 g/mol. The van der Waals surface area contributed by atoms with Gasteiger partial charge in [-0.05, 0) is 25.0 Å². The zero-order valence-corrected chi connectivity index (χ0v) is 12.3. The van der Waals surface area contributed by atoms with Gasteiger partial charge in [0.15, 0.2) is 6.10 Å². The number of hydrogen-bond donors (Lipinski definition) is 1. The predicted molar refractivity (Wildman–Crippen MR) is 81.6 cm³/mol. The number of likely N-dealkylation sites (N-methyl/N-ethyl adjacent to an activating group) is 1. The van der Waals surface area contributed by atoms with Gasteiger partial charge in [0.2, 0.25) is 0 Å². The zero-order chi connectivity index (χ0) is 14.6. The van der Waals surface area contributed by atoms with Crippen LogP contribution in [0, 0.1) is 0 Å². The SMILES string of the molecule is CN1C(=O)C(O)c2ccc(N3CCN(C4CC4)CC3)cc21. The van der Waals surface area contributed by atoms with Crippen molar-refractivity contribution < 1.29 is 9.90 Å². The van der Waals surface area contributed by atoms with E-state index in [2.05, 4.69) is 9.80 Å². The smallest absolute Gasteiger partial charge is 0.260 e. The fraction of sp³-hybridized carbons (Fsp3) is 0.562. The van der Waals surface area contributed by atoms with Crippen LogP contribution in [-0.2, 0) is 4.79 Å². The summed E-state index contributed by atoms with van der Waals surface area (Å²) in [5.41, 5.74) is 2.72. The Bertz CT molecular complexity index is 577. The van der Waals surface area contributed by atoms with Gasteiger partial charge in [0, 0.05) is 50.5 Å². The number of rotatable bonds is 2. The van der Waals surface area contributed by atoms with Crippen molar-refractivity contribution in [3.05, 3.63) is 23.8 Å². The average Bonchev–Trinajstić information content (AvgIpc) is 3.34. The molecule has 2 fully saturated rings. The molecule has 1 saturated heterocycles. The third-order valence-corrected chi connectivity index (χ3v) is 4.98. The molecule has 1 aliphatic carbocycles. The highest BCUT2D eigenvalue weighted by Crippen LogP contribution is 2.38. The Balaban J connectivity index is 1.53. The van der Waals surface area contributed by atoms with Crippen LogP contribution in [0.15, 0.2) is 18.2 Å². The first-order chi connectivity index (χ1) is 10.1. The molecule has 2 heterocycles. The summed E-state index contributed by atoms with van der Waals surface area (Å²) in [4.78, 5) is 18.4. The van der Waals surface area contributed by atoms with Gasteiger partial charge in [-0.15, -0.1) is 0 Å². The molecule has 1 unspecified atom stereocenters. The number of anilines is 2. The van der Waals surface area contributed by atoms with E-state index in [-0.39, 0.29) is 5.91 Å². The molecule has 3 aliphatic rings. The Morgan fingerprint density at radius 2 is 1.86 bits per heavy atom. The van der Waals surface area contributed by atoms with Crippen molar-refractivity contribution in [2.24, 2.45) is 0 Å². The van der Waals surface area contributed by atoms with Crippen LogP contribution < -0.4 is 9.80 Å². The number of hydrogen-bond acceptors (Lipinski definition) is 4. The van der Waals surface area contributed by atoms with Crippen LogP contribution >= 0.6 is 0 Å². The number of fused-ring (bicyclic) bond motifs is 1. The summed E-state index contributed by atoms with van der Waals surface area (Å²) in [7, 11) is 1.73. The second kappa shape index (κ2) is 4.71. The van der Waals surface area contributed by atoms with Crippen molar-refractivity contribution in [3.63, 3.8) is 0 Å². The van der Waals surface area contributed by atoms with Crippen LogP contribution in [0.3, 0.4) is 0 Å². The molecule has 0 bridgehead atoms. The van der Waals surface area contributed by atoms with E-state index in [0.717, 1.165) is 49.2 Å². The summed E-state index contributed by atoms with van der Waals surface area (Å²) in [5.74, 6) is -0.235. The summed E-state index contributed by atoms with van der Waals surface area (Å²) >= 11 is 0. The van der Waals surface area contributed by atoms with Crippen LogP contribution in [0.4, 0.5) is 11.4 Å². The van der Waals surface area contributed by atoms with Gasteiger partial charge in [-0.25, -0.2) is 0 Å². The van der Waals surface area contributed by atoms with Crippen molar-refractivity contribution in [1.82, 2.24) is 4.90 Å². The molecule has 5 nitrogen and oxygen atoms in total. The van der Waals surface area contributed by atoms with E-state index in [1.807, 2.05) is 18.2 Å². The number of piperazine rings is 1. The van der Waals surface area contributed by atoms with Gasteiger partial charge in [0.05, 0.1) is 5.69 Å². The lowest BCUT2D eigenvalue weighted by atomic mass is 10.1. The molecule has 1 aromatic rings. The third-order valence-electron chi connectivity index (χ3n) is 4.98. The lowest BCUT2D eigenvalue weighted by Crippen LogP contribution is -2.47. The molecule has 1 amide bonds. The van der Waals surface area contributed by atoms with Gasteiger partial charge >= 0.3 is 0 Å². The maximum atomic E-state index is 11.8. The molecule has 0 spiro atoms. The molecule has 4 rings (SSSR count). The highest BCUT2D eigenvalue weighted by Gasteiger charge is 2.35. The van der Waals surface area contributed by atoms with Gasteiger partial charge in [0.1, 0.15) is 0 Å². The maximum Gasteiger partial charge on any atom is 0.260 e. The number of benzene rings is 1. The number of carbonyl (C=O) groups is 1. The highest BCUT2D eigenvalue weighted by molar-refractivity contribution is 6.03. The minimum absolute atomic E-state index is 0.235.